The molecule has 3 rings (SSSR count). The van der Waals surface area contributed by atoms with Gasteiger partial charge in [0.1, 0.15) is 0 Å². The summed E-state index contributed by atoms with van der Waals surface area (Å²) in [4.78, 5) is 14.7. The van der Waals surface area contributed by atoms with Crippen LogP contribution in [0.3, 0.4) is 0 Å². The van der Waals surface area contributed by atoms with Crippen molar-refractivity contribution in [3.8, 4) is 0 Å². The van der Waals surface area contributed by atoms with Crippen LogP contribution in [0.5, 0.6) is 0 Å². The fourth-order valence-corrected chi connectivity index (χ4v) is 3.48. The van der Waals surface area contributed by atoms with Crippen LogP contribution >= 0.6 is 12.4 Å². The summed E-state index contributed by atoms with van der Waals surface area (Å²) in [6, 6.07) is 6.10. The molecule has 2 aliphatic rings. The Balaban J connectivity index is 0.00000147. The maximum Gasteiger partial charge on any atom is 0.254 e. The van der Waals surface area contributed by atoms with E-state index in [2.05, 4.69) is 18.3 Å². The van der Waals surface area contributed by atoms with Gasteiger partial charge in [-0.1, -0.05) is 17.7 Å². The summed E-state index contributed by atoms with van der Waals surface area (Å²) < 4.78 is 0. The van der Waals surface area contributed by atoms with Crippen LogP contribution in [-0.4, -0.2) is 37.0 Å². The molecule has 4 heteroatoms. The molecule has 1 N–H and O–H groups in total. The van der Waals surface area contributed by atoms with Crippen LogP contribution in [0, 0.1) is 19.3 Å². The van der Waals surface area contributed by atoms with Gasteiger partial charge in [0.15, 0.2) is 0 Å². The Labute approximate surface area is 127 Å². The van der Waals surface area contributed by atoms with E-state index in [-0.39, 0.29) is 18.3 Å². The SMILES string of the molecule is Cc1ccc(C(=O)N2CCC3(CCNC3)C2)c(C)c1.Cl. The highest BCUT2D eigenvalue weighted by molar-refractivity contribution is 5.96. The molecule has 0 radical (unpaired) electrons. The summed E-state index contributed by atoms with van der Waals surface area (Å²) >= 11 is 0. The third kappa shape index (κ3) is 2.70. The van der Waals surface area contributed by atoms with Gasteiger partial charge < -0.3 is 10.2 Å². The summed E-state index contributed by atoms with van der Waals surface area (Å²) in [6.07, 6.45) is 2.36. The van der Waals surface area contributed by atoms with Gasteiger partial charge >= 0.3 is 0 Å². The first-order chi connectivity index (χ1) is 9.10. The van der Waals surface area contributed by atoms with E-state index < -0.39 is 0 Å². The summed E-state index contributed by atoms with van der Waals surface area (Å²) in [5.74, 6) is 0.210. The maximum absolute atomic E-state index is 12.6. The normalized spacial score (nSPS) is 25.0. The standard InChI is InChI=1S/C16H22N2O.ClH/c1-12-3-4-14(13(2)9-12)15(19)18-8-6-16(11-18)5-7-17-10-16;/h3-4,9,17H,5-8,10-11H2,1-2H3;1H. The largest absolute Gasteiger partial charge is 0.338 e. The van der Waals surface area contributed by atoms with Crippen molar-refractivity contribution in [3.05, 3.63) is 34.9 Å². The molecule has 1 spiro atoms. The van der Waals surface area contributed by atoms with Crippen molar-refractivity contribution in [1.82, 2.24) is 10.2 Å². The Morgan fingerprint density at radius 3 is 2.75 bits per heavy atom. The van der Waals surface area contributed by atoms with Crippen molar-refractivity contribution in [2.75, 3.05) is 26.2 Å². The van der Waals surface area contributed by atoms with E-state index in [1.54, 1.807) is 0 Å². The van der Waals surface area contributed by atoms with Crippen LogP contribution in [0.25, 0.3) is 0 Å². The van der Waals surface area contributed by atoms with Crippen LogP contribution in [-0.2, 0) is 0 Å². The van der Waals surface area contributed by atoms with Crippen LogP contribution in [0.1, 0.15) is 34.3 Å². The van der Waals surface area contributed by atoms with E-state index in [1.807, 2.05) is 24.0 Å². The van der Waals surface area contributed by atoms with Crippen molar-refractivity contribution >= 4 is 18.3 Å². The number of aryl methyl sites for hydroxylation is 2. The molecular formula is C16H23ClN2O. The minimum atomic E-state index is 0. The summed E-state index contributed by atoms with van der Waals surface area (Å²) in [5, 5.41) is 3.44. The first-order valence-electron chi connectivity index (χ1n) is 7.17. The average molecular weight is 295 g/mol. The zero-order valence-corrected chi connectivity index (χ0v) is 13.1. The number of nitrogens with one attached hydrogen (secondary N) is 1. The van der Waals surface area contributed by atoms with Gasteiger partial charge in [-0.2, -0.15) is 0 Å². The minimum absolute atomic E-state index is 0. The lowest BCUT2D eigenvalue weighted by Crippen LogP contribution is -2.33. The van der Waals surface area contributed by atoms with Crippen molar-refractivity contribution in [3.63, 3.8) is 0 Å². The highest BCUT2D eigenvalue weighted by Gasteiger charge is 2.42. The summed E-state index contributed by atoms with van der Waals surface area (Å²) in [5.41, 5.74) is 3.53. The second kappa shape index (κ2) is 5.74. The van der Waals surface area contributed by atoms with E-state index in [9.17, 15) is 4.79 Å². The molecule has 3 nitrogen and oxygen atoms in total. The molecule has 1 amide bonds. The fraction of sp³-hybridized carbons (Fsp3) is 0.562. The molecule has 0 aliphatic carbocycles. The number of hydrogen-bond acceptors (Lipinski definition) is 2. The number of halogens is 1. The molecule has 20 heavy (non-hydrogen) atoms. The average Bonchev–Trinajstić information content (AvgIpc) is 3.00. The van der Waals surface area contributed by atoms with Gasteiger partial charge in [0.2, 0.25) is 0 Å². The molecule has 0 bridgehead atoms. The molecule has 2 heterocycles. The number of rotatable bonds is 1. The maximum atomic E-state index is 12.6. The number of nitrogens with zero attached hydrogens (tertiary/aromatic N) is 1. The van der Waals surface area contributed by atoms with Crippen LogP contribution < -0.4 is 5.32 Å². The van der Waals surface area contributed by atoms with Gasteiger partial charge in [-0.05, 0) is 44.9 Å². The molecule has 110 valence electrons. The van der Waals surface area contributed by atoms with Gasteiger partial charge in [-0.25, -0.2) is 0 Å². The Bertz CT molecular complexity index is 509. The molecule has 1 atom stereocenters. The quantitative estimate of drug-likeness (QED) is 0.863. The molecule has 1 unspecified atom stereocenters. The van der Waals surface area contributed by atoms with Gasteiger partial charge in [-0.15, -0.1) is 12.4 Å². The second-order valence-corrected chi connectivity index (χ2v) is 6.22. The number of benzene rings is 1. The first kappa shape index (κ1) is 15.3. The lowest BCUT2D eigenvalue weighted by Gasteiger charge is -2.23. The Morgan fingerprint density at radius 2 is 2.10 bits per heavy atom. The predicted octanol–water partition coefficient (Wildman–Crippen LogP) is 2.55. The third-order valence-electron chi connectivity index (χ3n) is 4.67. The number of amides is 1. The minimum Gasteiger partial charge on any atom is -0.338 e. The summed E-state index contributed by atoms with van der Waals surface area (Å²) in [7, 11) is 0. The lowest BCUT2D eigenvalue weighted by atomic mass is 9.86. The number of hydrogen-bond donors (Lipinski definition) is 1. The predicted molar refractivity (Wildman–Crippen MR) is 83.6 cm³/mol. The second-order valence-electron chi connectivity index (χ2n) is 6.22. The molecule has 0 saturated carbocycles. The number of likely N-dealkylation sites (tertiary alicyclic amines) is 1. The first-order valence-corrected chi connectivity index (χ1v) is 7.17. The van der Waals surface area contributed by atoms with E-state index in [0.29, 0.717) is 5.41 Å². The van der Waals surface area contributed by atoms with Crippen LogP contribution in [0.2, 0.25) is 0 Å². The van der Waals surface area contributed by atoms with Crippen molar-refractivity contribution in [2.24, 2.45) is 5.41 Å². The third-order valence-corrected chi connectivity index (χ3v) is 4.67. The van der Waals surface area contributed by atoms with Gasteiger partial charge in [0.25, 0.3) is 5.91 Å². The van der Waals surface area contributed by atoms with E-state index >= 15 is 0 Å². The van der Waals surface area contributed by atoms with Gasteiger partial charge in [-0.3, -0.25) is 4.79 Å². The van der Waals surface area contributed by atoms with Crippen LogP contribution in [0.4, 0.5) is 0 Å². The Kier molecular flexibility index (Phi) is 4.40. The Morgan fingerprint density at radius 1 is 1.30 bits per heavy atom. The highest BCUT2D eigenvalue weighted by Crippen LogP contribution is 2.36. The van der Waals surface area contributed by atoms with Gasteiger partial charge in [0.05, 0.1) is 0 Å². The molecule has 1 aromatic carbocycles. The van der Waals surface area contributed by atoms with E-state index in [4.69, 9.17) is 0 Å². The lowest BCUT2D eigenvalue weighted by molar-refractivity contribution is 0.0775. The van der Waals surface area contributed by atoms with E-state index in [0.717, 1.165) is 43.7 Å². The molecule has 2 fully saturated rings. The zero-order chi connectivity index (χ0) is 13.5. The van der Waals surface area contributed by atoms with E-state index in [1.165, 1.54) is 12.0 Å². The van der Waals surface area contributed by atoms with Gasteiger partial charge in [0, 0.05) is 30.6 Å². The fourth-order valence-electron chi connectivity index (χ4n) is 3.48. The van der Waals surface area contributed by atoms with Crippen molar-refractivity contribution in [2.45, 2.75) is 26.7 Å². The van der Waals surface area contributed by atoms with Crippen LogP contribution in [0.15, 0.2) is 18.2 Å². The molecule has 2 aliphatic heterocycles. The molecule has 2 saturated heterocycles. The van der Waals surface area contributed by atoms with Crippen molar-refractivity contribution < 1.29 is 4.79 Å². The topological polar surface area (TPSA) is 32.3 Å². The smallest absolute Gasteiger partial charge is 0.254 e. The highest BCUT2D eigenvalue weighted by atomic mass is 35.5. The monoisotopic (exact) mass is 294 g/mol. The number of carbonyl (C=O) groups excluding carboxylic acids is 1. The zero-order valence-electron chi connectivity index (χ0n) is 12.2. The Hall–Kier alpha value is -1.06. The molecular weight excluding hydrogens is 272 g/mol. The molecule has 0 aromatic heterocycles. The number of carbonyl (C=O) groups is 1. The molecule has 1 aromatic rings. The summed E-state index contributed by atoms with van der Waals surface area (Å²) in [6.45, 7) is 8.11. The van der Waals surface area contributed by atoms with Crippen molar-refractivity contribution in [1.29, 1.82) is 0 Å².